The summed E-state index contributed by atoms with van der Waals surface area (Å²) in [6.45, 7) is 8.59. The topological polar surface area (TPSA) is 42.3 Å². The molecule has 1 aliphatic rings. The van der Waals surface area contributed by atoms with Gasteiger partial charge in [0.1, 0.15) is 5.75 Å². The van der Waals surface area contributed by atoms with Gasteiger partial charge in [-0.15, -0.1) is 0 Å². The van der Waals surface area contributed by atoms with Gasteiger partial charge in [-0.05, 0) is 111 Å². The highest BCUT2D eigenvalue weighted by atomic mass is 32.1. The zero-order valence-electron chi connectivity index (χ0n) is 20.7. The number of rotatable bonds is 5. The van der Waals surface area contributed by atoms with Crippen LogP contribution in [-0.4, -0.2) is 21.8 Å². The third-order valence-electron chi connectivity index (χ3n) is 6.70. The van der Waals surface area contributed by atoms with Crippen LogP contribution in [0.3, 0.4) is 0 Å². The predicted octanol–water partition coefficient (Wildman–Crippen LogP) is 6.29. The fourth-order valence-corrected chi connectivity index (χ4v) is 5.60. The molecule has 5 rings (SSSR count). The minimum Gasteiger partial charge on any atom is -0.497 e. The van der Waals surface area contributed by atoms with Crippen molar-refractivity contribution in [1.82, 2.24) is 14.9 Å². The zero-order valence-corrected chi connectivity index (χ0v) is 21.6. The number of nitrogens with one attached hydrogen (secondary N) is 1. The van der Waals surface area contributed by atoms with Crippen molar-refractivity contribution in [2.24, 2.45) is 0 Å². The molecule has 0 saturated carbocycles. The maximum atomic E-state index is 5.93. The molecule has 0 aliphatic carbocycles. The van der Waals surface area contributed by atoms with Crippen LogP contribution in [0.15, 0.2) is 72.9 Å². The highest BCUT2D eigenvalue weighted by Gasteiger charge is 2.42. The molecule has 0 unspecified atom stereocenters. The Morgan fingerprint density at radius 1 is 0.886 bits per heavy atom. The fourth-order valence-electron chi connectivity index (χ4n) is 5.25. The third kappa shape index (κ3) is 4.19. The van der Waals surface area contributed by atoms with E-state index in [1.807, 2.05) is 30.5 Å². The second kappa shape index (κ2) is 9.19. The highest BCUT2D eigenvalue weighted by Crippen LogP contribution is 2.44. The number of methoxy groups -OCH3 is 1. The quantitative estimate of drug-likeness (QED) is 0.339. The molecule has 2 aromatic carbocycles. The molecule has 4 aromatic rings. The summed E-state index contributed by atoms with van der Waals surface area (Å²) in [6.07, 6.45) is 1.84. The molecule has 35 heavy (non-hydrogen) atoms. The number of hydrogen-bond acceptors (Lipinski definition) is 3. The normalized spacial score (nSPS) is 17.5. The first kappa shape index (κ1) is 23.1. The molecule has 3 heterocycles. The number of nitrogens with zero attached hydrogens (tertiary/aromatic N) is 3. The summed E-state index contributed by atoms with van der Waals surface area (Å²) in [5, 5.41) is 4.30. The van der Waals surface area contributed by atoms with Crippen LogP contribution < -0.4 is 15.0 Å². The average molecular weight is 483 g/mol. The Labute approximate surface area is 212 Å². The monoisotopic (exact) mass is 482 g/mol. The summed E-state index contributed by atoms with van der Waals surface area (Å²) >= 11 is 5.93. The van der Waals surface area contributed by atoms with Gasteiger partial charge in [0.05, 0.1) is 24.9 Å². The molecule has 6 heteroatoms. The van der Waals surface area contributed by atoms with Crippen molar-refractivity contribution < 1.29 is 4.74 Å². The van der Waals surface area contributed by atoms with E-state index in [1.54, 1.807) is 7.11 Å². The van der Waals surface area contributed by atoms with Gasteiger partial charge in [0.2, 0.25) is 0 Å². The molecule has 1 aliphatic heterocycles. The predicted molar refractivity (Wildman–Crippen MR) is 146 cm³/mol. The van der Waals surface area contributed by atoms with Gasteiger partial charge in [-0.2, -0.15) is 0 Å². The Kier molecular flexibility index (Phi) is 6.07. The highest BCUT2D eigenvalue weighted by molar-refractivity contribution is 7.80. The minimum atomic E-state index is -0.0747. The number of aryl methyl sites for hydroxylation is 3. The molecule has 2 atom stereocenters. The molecule has 5 nitrogen and oxygen atoms in total. The van der Waals surface area contributed by atoms with Crippen molar-refractivity contribution in [3.8, 4) is 11.4 Å². The maximum Gasteiger partial charge on any atom is 0.174 e. The van der Waals surface area contributed by atoms with Crippen molar-refractivity contribution in [3.05, 3.63) is 107 Å². The molecule has 2 aromatic heterocycles. The number of anilines is 1. The lowest BCUT2D eigenvalue weighted by Crippen LogP contribution is -2.29. The van der Waals surface area contributed by atoms with E-state index in [2.05, 4.69) is 84.9 Å². The smallest absolute Gasteiger partial charge is 0.174 e. The second-order valence-corrected chi connectivity index (χ2v) is 9.59. The van der Waals surface area contributed by atoms with Gasteiger partial charge in [0, 0.05) is 29.0 Å². The molecule has 1 fully saturated rings. The minimum absolute atomic E-state index is 0.0446. The lowest BCUT2D eigenvalue weighted by molar-refractivity contribution is 0.414. The van der Waals surface area contributed by atoms with Crippen LogP contribution in [0.2, 0.25) is 0 Å². The molecule has 1 N–H and O–H groups in total. The van der Waals surface area contributed by atoms with Crippen molar-refractivity contribution >= 4 is 23.0 Å². The van der Waals surface area contributed by atoms with E-state index in [1.165, 1.54) is 28.1 Å². The zero-order chi connectivity index (χ0) is 24.7. The summed E-state index contributed by atoms with van der Waals surface area (Å²) < 4.78 is 7.66. The van der Waals surface area contributed by atoms with Gasteiger partial charge in [-0.1, -0.05) is 12.1 Å². The number of aromatic nitrogens is 2. The Morgan fingerprint density at radius 3 is 2.23 bits per heavy atom. The number of thiocarbonyl (C=S) groups is 1. The summed E-state index contributed by atoms with van der Waals surface area (Å²) in [5.41, 5.74) is 9.17. The van der Waals surface area contributed by atoms with E-state index < -0.39 is 0 Å². The van der Waals surface area contributed by atoms with E-state index in [0.717, 1.165) is 22.8 Å². The molecule has 1 saturated heterocycles. The van der Waals surface area contributed by atoms with Gasteiger partial charge in [-0.25, -0.2) is 0 Å². The van der Waals surface area contributed by atoms with Crippen molar-refractivity contribution in [2.45, 2.75) is 39.8 Å². The van der Waals surface area contributed by atoms with Crippen molar-refractivity contribution in [1.29, 1.82) is 0 Å². The standard InChI is InChI=1S/C29H30N4OS/c1-18-14-19(2)16-23(15-18)33-28(27(31-29(33)35)26-8-6-7-13-30-26)25-17-20(3)32(21(25)4)22-9-11-24(34-5)12-10-22/h6-17,27-28H,1-5H3,(H,31,35)/t27-,28+/m0/s1. The SMILES string of the molecule is COc1ccc(-n2c(C)cc([C@@H]3[C@H](c4ccccn4)NC(=S)N3c3cc(C)cc(C)c3)c2C)cc1. The Morgan fingerprint density at radius 2 is 1.60 bits per heavy atom. The summed E-state index contributed by atoms with van der Waals surface area (Å²) in [6, 6.07) is 23.0. The second-order valence-electron chi connectivity index (χ2n) is 9.20. The summed E-state index contributed by atoms with van der Waals surface area (Å²) in [4.78, 5) is 6.96. The van der Waals surface area contributed by atoms with Gasteiger partial charge in [0.25, 0.3) is 0 Å². The van der Waals surface area contributed by atoms with Gasteiger partial charge >= 0.3 is 0 Å². The maximum absolute atomic E-state index is 5.93. The summed E-state index contributed by atoms with van der Waals surface area (Å²) in [7, 11) is 1.69. The van der Waals surface area contributed by atoms with E-state index in [0.29, 0.717) is 5.11 Å². The summed E-state index contributed by atoms with van der Waals surface area (Å²) in [5.74, 6) is 0.845. The molecular weight excluding hydrogens is 452 g/mol. The van der Waals surface area contributed by atoms with Crippen LogP contribution in [0, 0.1) is 27.7 Å². The van der Waals surface area contributed by atoms with Crippen LogP contribution in [0.25, 0.3) is 5.69 Å². The van der Waals surface area contributed by atoms with E-state index in [-0.39, 0.29) is 12.1 Å². The van der Waals surface area contributed by atoms with Crippen LogP contribution in [0.1, 0.15) is 45.9 Å². The Bertz CT molecular complexity index is 1360. The molecule has 0 bridgehead atoms. The van der Waals surface area contributed by atoms with Crippen molar-refractivity contribution in [3.63, 3.8) is 0 Å². The Balaban J connectivity index is 1.67. The third-order valence-corrected chi connectivity index (χ3v) is 7.02. The van der Waals surface area contributed by atoms with Gasteiger partial charge < -0.3 is 19.5 Å². The molecule has 0 radical (unpaired) electrons. The lowest BCUT2D eigenvalue weighted by Gasteiger charge is -2.29. The average Bonchev–Trinajstić information content (AvgIpc) is 3.34. The van der Waals surface area contributed by atoms with Crippen LogP contribution in [0.4, 0.5) is 5.69 Å². The number of hydrogen-bond donors (Lipinski definition) is 1. The molecule has 0 amide bonds. The van der Waals surface area contributed by atoms with Crippen LogP contribution in [-0.2, 0) is 0 Å². The molecule has 0 spiro atoms. The molecular formula is C29H30N4OS. The van der Waals surface area contributed by atoms with E-state index >= 15 is 0 Å². The first-order chi connectivity index (χ1) is 16.9. The number of benzene rings is 2. The van der Waals surface area contributed by atoms with Crippen LogP contribution >= 0.6 is 12.2 Å². The van der Waals surface area contributed by atoms with E-state index in [9.17, 15) is 0 Å². The first-order valence-electron chi connectivity index (χ1n) is 11.8. The lowest BCUT2D eigenvalue weighted by atomic mass is 9.96. The fraction of sp³-hybridized carbons (Fsp3) is 0.241. The first-order valence-corrected chi connectivity index (χ1v) is 12.2. The number of ether oxygens (including phenoxy) is 1. The van der Waals surface area contributed by atoms with Crippen LogP contribution in [0.5, 0.6) is 5.75 Å². The number of pyridine rings is 1. The largest absolute Gasteiger partial charge is 0.497 e. The Hall–Kier alpha value is -3.64. The van der Waals surface area contributed by atoms with Gasteiger partial charge in [-0.3, -0.25) is 4.98 Å². The molecule has 178 valence electrons. The van der Waals surface area contributed by atoms with Gasteiger partial charge in [0.15, 0.2) is 5.11 Å². The van der Waals surface area contributed by atoms with E-state index in [4.69, 9.17) is 21.9 Å². The van der Waals surface area contributed by atoms with Crippen molar-refractivity contribution in [2.75, 3.05) is 12.0 Å².